The Kier molecular flexibility index (Phi) is 5.78. The molecule has 10 heteroatoms. The molecule has 1 aromatic heterocycles. The van der Waals surface area contributed by atoms with Crippen LogP contribution in [0.3, 0.4) is 0 Å². The van der Waals surface area contributed by atoms with Gasteiger partial charge in [-0.1, -0.05) is 11.7 Å². The fourth-order valence-electron chi connectivity index (χ4n) is 2.69. The number of aryl methyl sites for hydroxylation is 1. The van der Waals surface area contributed by atoms with Crippen molar-refractivity contribution < 1.29 is 26.9 Å². The maximum atomic E-state index is 14.6. The molecule has 6 nitrogen and oxygen atoms in total. The summed E-state index contributed by atoms with van der Waals surface area (Å²) in [6.45, 7) is 8.28. The Labute approximate surface area is 165 Å². The first-order valence-corrected chi connectivity index (χ1v) is 8.60. The zero-order valence-corrected chi connectivity index (χ0v) is 16.4. The molecule has 0 aliphatic carbocycles. The fraction of sp³-hybridized carbons (Fsp3) is 0.421. The molecular weight excluding hydrogens is 392 g/mol. The molecule has 0 bridgehead atoms. The van der Waals surface area contributed by atoms with Crippen molar-refractivity contribution in [2.24, 2.45) is 10.7 Å². The number of alkyl halides is 3. The van der Waals surface area contributed by atoms with Crippen LogP contribution in [0.2, 0.25) is 0 Å². The summed E-state index contributed by atoms with van der Waals surface area (Å²) in [7, 11) is 0. The van der Waals surface area contributed by atoms with Gasteiger partial charge in [-0.05, 0) is 39.8 Å². The minimum Gasteiger partial charge on any atom is -0.385 e. The number of nitrogens with zero attached hydrogens (tertiary/aromatic N) is 2. The number of amidine groups is 1. The fourth-order valence-corrected chi connectivity index (χ4v) is 2.69. The molecule has 0 saturated carbocycles. The lowest BCUT2D eigenvalue weighted by Gasteiger charge is -2.42. The van der Waals surface area contributed by atoms with Crippen molar-refractivity contribution in [2.45, 2.75) is 51.2 Å². The Morgan fingerprint density at radius 3 is 2.52 bits per heavy atom. The van der Waals surface area contributed by atoms with E-state index in [2.05, 4.69) is 22.0 Å². The van der Waals surface area contributed by atoms with E-state index in [1.165, 1.54) is 13.0 Å². The third-order valence-electron chi connectivity index (χ3n) is 4.66. The highest BCUT2D eigenvalue weighted by Gasteiger charge is 2.60. The molecule has 2 atom stereocenters. The monoisotopic (exact) mass is 414 g/mol. The van der Waals surface area contributed by atoms with Gasteiger partial charge in [0.05, 0.1) is 12.1 Å². The van der Waals surface area contributed by atoms with Crippen molar-refractivity contribution >= 4 is 11.7 Å². The number of nitrogens with two attached hydrogens (primary N) is 1. The third-order valence-corrected chi connectivity index (χ3v) is 4.66. The largest absolute Gasteiger partial charge is 0.385 e. The molecule has 0 fully saturated rings. The first kappa shape index (κ1) is 22.4. The number of hydrogen-bond acceptors (Lipinski definition) is 5. The van der Waals surface area contributed by atoms with Crippen LogP contribution in [-0.4, -0.2) is 34.0 Å². The summed E-state index contributed by atoms with van der Waals surface area (Å²) in [5.74, 6) is -6.15. The van der Waals surface area contributed by atoms with E-state index in [4.69, 9.17) is 10.3 Å². The molecule has 3 N–H and O–H groups in total. The van der Waals surface area contributed by atoms with Gasteiger partial charge >= 0.3 is 0 Å². The first-order chi connectivity index (χ1) is 13.2. The molecule has 2 rings (SSSR count). The Hall–Kier alpha value is -2.91. The summed E-state index contributed by atoms with van der Waals surface area (Å²) in [4.78, 5) is 15.5. The SMILES string of the molecule is C=C(/C(F)=C\C=C(/C)NC(=O)c1cc(C)no1)[C@@]1(C)N=C(N)[C@](C)(F)CC1(F)F. The smallest absolute Gasteiger partial charge is 0.294 e. The van der Waals surface area contributed by atoms with Gasteiger partial charge in [-0.2, -0.15) is 0 Å². The highest BCUT2D eigenvalue weighted by atomic mass is 19.3. The van der Waals surface area contributed by atoms with Crippen LogP contribution in [0.15, 0.2) is 51.4 Å². The first-order valence-electron chi connectivity index (χ1n) is 8.60. The van der Waals surface area contributed by atoms with E-state index in [1.54, 1.807) is 6.92 Å². The van der Waals surface area contributed by atoms with E-state index < -0.39 is 46.7 Å². The van der Waals surface area contributed by atoms with Crippen LogP contribution < -0.4 is 11.1 Å². The minimum atomic E-state index is -3.72. The van der Waals surface area contributed by atoms with Crippen molar-refractivity contribution in [3.8, 4) is 0 Å². The number of nitrogens with one attached hydrogen (secondary N) is 1. The van der Waals surface area contributed by atoms with Crippen LogP contribution in [0.4, 0.5) is 17.6 Å². The number of allylic oxidation sites excluding steroid dienone is 3. The summed E-state index contributed by atoms with van der Waals surface area (Å²) >= 11 is 0. The van der Waals surface area contributed by atoms with Gasteiger partial charge in [-0.15, -0.1) is 0 Å². The van der Waals surface area contributed by atoms with Gasteiger partial charge in [0.2, 0.25) is 5.76 Å². The number of carbonyl (C=O) groups excluding carboxylic acids is 1. The van der Waals surface area contributed by atoms with Crippen molar-refractivity contribution in [3.63, 3.8) is 0 Å². The number of rotatable bonds is 5. The summed E-state index contributed by atoms with van der Waals surface area (Å²) in [5, 5.41) is 6.00. The average Bonchev–Trinajstić information content (AvgIpc) is 3.03. The number of carbonyl (C=O) groups is 1. The molecular formula is C19H22F4N4O2. The van der Waals surface area contributed by atoms with Gasteiger partial charge in [0.25, 0.3) is 11.8 Å². The quantitative estimate of drug-likeness (QED) is 0.564. The topological polar surface area (TPSA) is 93.5 Å². The second-order valence-electron chi connectivity index (χ2n) is 7.28. The summed E-state index contributed by atoms with van der Waals surface area (Å²) in [5.41, 5.74) is 0.544. The molecule has 0 aromatic carbocycles. The van der Waals surface area contributed by atoms with Crippen LogP contribution in [0.1, 0.15) is 43.4 Å². The molecule has 1 amide bonds. The van der Waals surface area contributed by atoms with E-state index in [9.17, 15) is 22.4 Å². The lowest BCUT2D eigenvalue weighted by atomic mass is 9.77. The van der Waals surface area contributed by atoms with E-state index in [0.29, 0.717) is 5.69 Å². The Bertz CT molecular complexity index is 930. The maximum Gasteiger partial charge on any atom is 0.294 e. The second-order valence-corrected chi connectivity index (χ2v) is 7.28. The number of aliphatic imine (C=N–C) groups is 1. The van der Waals surface area contributed by atoms with Gasteiger partial charge in [-0.25, -0.2) is 17.6 Å². The maximum absolute atomic E-state index is 14.6. The Morgan fingerprint density at radius 1 is 1.34 bits per heavy atom. The lowest BCUT2D eigenvalue weighted by molar-refractivity contribution is -0.0896. The van der Waals surface area contributed by atoms with E-state index in [1.807, 2.05) is 0 Å². The minimum absolute atomic E-state index is 0.0439. The van der Waals surface area contributed by atoms with Crippen LogP contribution >= 0.6 is 0 Å². The molecule has 1 aromatic rings. The molecule has 0 radical (unpaired) electrons. The van der Waals surface area contributed by atoms with Gasteiger partial charge in [-0.3, -0.25) is 9.79 Å². The number of hydrogen-bond donors (Lipinski definition) is 2. The van der Waals surface area contributed by atoms with E-state index in [-0.39, 0.29) is 11.5 Å². The van der Waals surface area contributed by atoms with Gasteiger partial charge in [0.15, 0.2) is 11.2 Å². The highest BCUT2D eigenvalue weighted by molar-refractivity contribution is 5.92. The summed E-state index contributed by atoms with van der Waals surface area (Å²) in [6, 6.07) is 1.41. The molecule has 0 unspecified atom stereocenters. The van der Waals surface area contributed by atoms with Gasteiger partial charge in [0.1, 0.15) is 11.7 Å². The highest BCUT2D eigenvalue weighted by Crippen LogP contribution is 2.48. The molecule has 0 spiro atoms. The normalized spacial score (nSPS) is 27.4. The van der Waals surface area contributed by atoms with E-state index in [0.717, 1.165) is 26.0 Å². The lowest BCUT2D eigenvalue weighted by Crippen LogP contribution is -2.58. The standard InChI is InChI=1S/C19H22F4N4O2/c1-10(25-15(28)14-8-11(2)27-29-14)6-7-13(20)12(3)18(5)19(22,23)9-17(4,21)16(24)26-18/h6-8H,3,9H2,1-2,4-5H3,(H2,24,26)(H,25,28)/b10-6+,13-7+/t17-,18-/m1/s1. The van der Waals surface area contributed by atoms with Gasteiger partial charge in [0, 0.05) is 17.3 Å². The molecule has 2 heterocycles. The second kappa shape index (κ2) is 7.49. The Balaban J connectivity index is 2.22. The van der Waals surface area contributed by atoms with Gasteiger partial charge < -0.3 is 15.6 Å². The molecule has 1 aliphatic heterocycles. The van der Waals surface area contributed by atoms with E-state index >= 15 is 0 Å². The van der Waals surface area contributed by atoms with Crippen LogP contribution in [0, 0.1) is 6.92 Å². The van der Waals surface area contributed by atoms with Crippen molar-refractivity contribution in [3.05, 3.63) is 53.3 Å². The molecule has 158 valence electrons. The zero-order valence-electron chi connectivity index (χ0n) is 16.4. The number of amides is 1. The van der Waals surface area contributed by atoms with Crippen molar-refractivity contribution in [1.82, 2.24) is 10.5 Å². The summed E-state index contributed by atoms with van der Waals surface area (Å²) < 4.78 is 62.6. The average molecular weight is 414 g/mol. The number of halogens is 4. The third kappa shape index (κ3) is 4.41. The Morgan fingerprint density at radius 2 is 1.97 bits per heavy atom. The van der Waals surface area contributed by atoms with Crippen molar-refractivity contribution in [2.75, 3.05) is 0 Å². The summed E-state index contributed by atoms with van der Waals surface area (Å²) in [6.07, 6.45) is 0.748. The predicted octanol–water partition coefficient (Wildman–Crippen LogP) is 3.91. The molecule has 1 aliphatic rings. The van der Waals surface area contributed by atoms with Crippen molar-refractivity contribution in [1.29, 1.82) is 0 Å². The van der Waals surface area contributed by atoms with Crippen LogP contribution in [-0.2, 0) is 0 Å². The molecule has 0 saturated heterocycles. The van der Waals surface area contributed by atoms with Crippen LogP contribution in [0.25, 0.3) is 0 Å². The molecule has 29 heavy (non-hydrogen) atoms. The zero-order chi connectivity index (χ0) is 22.2. The predicted molar refractivity (Wildman–Crippen MR) is 99.9 cm³/mol. The number of aromatic nitrogens is 1. The van der Waals surface area contributed by atoms with Crippen LogP contribution in [0.5, 0.6) is 0 Å².